The number of nitrogens with one attached hydrogen (secondary N) is 2. The molecule has 3 N–H and O–H groups in total. The molecule has 1 aromatic heterocycles. The molecule has 0 radical (unpaired) electrons. The Bertz CT molecular complexity index is 1200. The number of fused-ring (bicyclic) bond motifs is 3. The fraction of sp³-hybridized carbons (Fsp3) is 0.308. The zero-order valence-corrected chi connectivity index (χ0v) is 20.3. The molecule has 0 aliphatic heterocycles. The van der Waals surface area contributed by atoms with E-state index in [-0.39, 0.29) is 24.6 Å². The second kappa shape index (κ2) is 10.7. The molecular formula is C26H27N3O5S. The molecule has 0 saturated carbocycles. The zero-order chi connectivity index (χ0) is 24.9. The number of alkyl carbamates (subject to hydrolysis) is 1. The summed E-state index contributed by atoms with van der Waals surface area (Å²) >= 11 is 1.24. The minimum Gasteiger partial charge on any atom is -0.481 e. The van der Waals surface area contributed by atoms with E-state index in [9.17, 15) is 14.4 Å². The summed E-state index contributed by atoms with van der Waals surface area (Å²) < 4.78 is 5.58. The molecule has 182 valence electrons. The highest BCUT2D eigenvalue weighted by atomic mass is 32.1. The Hall–Kier alpha value is -3.72. The maximum atomic E-state index is 12.5. The molecule has 35 heavy (non-hydrogen) atoms. The van der Waals surface area contributed by atoms with Gasteiger partial charge in [0.2, 0.25) is 0 Å². The zero-order valence-electron chi connectivity index (χ0n) is 19.5. The van der Waals surface area contributed by atoms with Crippen molar-refractivity contribution in [3.63, 3.8) is 0 Å². The van der Waals surface area contributed by atoms with E-state index < -0.39 is 30.1 Å². The Morgan fingerprint density at radius 1 is 1.06 bits per heavy atom. The fourth-order valence-corrected chi connectivity index (χ4v) is 5.04. The van der Waals surface area contributed by atoms with E-state index in [0.717, 1.165) is 22.3 Å². The van der Waals surface area contributed by atoms with Crippen LogP contribution in [0.5, 0.6) is 0 Å². The standard InChI is InChI=1S/C26H27N3O5S/c1-3-16(12-23(30)31)28-24(32)22-14-35-25(29-22)15(2)27-26(33)34-13-21-19-10-6-4-8-17(19)18-9-5-7-11-20(18)21/h4-11,14-16,21H,3,12-13H2,1-2H3,(H,27,33)(H,28,32)(H,30,31)/t15?,16-/m1/s1. The monoisotopic (exact) mass is 493 g/mol. The minimum absolute atomic E-state index is 0.0315. The Kier molecular flexibility index (Phi) is 7.45. The highest BCUT2D eigenvalue weighted by molar-refractivity contribution is 7.09. The molecule has 1 heterocycles. The van der Waals surface area contributed by atoms with Crippen LogP contribution in [0.25, 0.3) is 11.1 Å². The van der Waals surface area contributed by atoms with Gasteiger partial charge in [-0.1, -0.05) is 55.5 Å². The van der Waals surface area contributed by atoms with Gasteiger partial charge >= 0.3 is 12.1 Å². The van der Waals surface area contributed by atoms with Crippen molar-refractivity contribution >= 4 is 29.3 Å². The van der Waals surface area contributed by atoms with Gasteiger partial charge in [0.15, 0.2) is 0 Å². The largest absolute Gasteiger partial charge is 0.481 e. The van der Waals surface area contributed by atoms with Crippen LogP contribution in [0.3, 0.4) is 0 Å². The van der Waals surface area contributed by atoms with Gasteiger partial charge in [-0.3, -0.25) is 9.59 Å². The number of carbonyl (C=O) groups is 3. The maximum absolute atomic E-state index is 12.5. The average Bonchev–Trinajstić information content (AvgIpc) is 3.46. The SMILES string of the molecule is CC[C@H](CC(=O)O)NC(=O)c1csc(C(C)NC(=O)OCC2c3ccccc3-c3ccccc32)n1. The van der Waals surface area contributed by atoms with Gasteiger partial charge in [-0.05, 0) is 35.6 Å². The van der Waals surface area contributed by atoms with Gasteiger partial charge in [0.1, 0.15) is 17.3 Å². The van der Waals surface area contributed by atoms with Crippen LogP contribution >= 0.6 is 11.3 Å². The summed E-state index contributed by atoms with van der Waals surface area (Å²) in [5.74, 6) is -1.44. The molecule has 3 aromatic rings. The molecule has 2 amide bonds. The first kappa shape index (κ1) is 24.4. The van der Waals surface area contributed by atoms with Gasteiger partial charge in [0.25, 0.3) is 5.91 Å². The number of carboxylic acid groups (broad SMARTS) is 1. The first-order chi connectivity index (χ1) is 16.9. The van der Waals surface area contributed by atoms with Crippen molar-refractivity contribution in [2.75, 3.05) is 6.61 Å². The van der Waals surface area contributed by atoms with Gasteiger partial charge in [0.05, 0.1) is 12.5 Å². The number of aromatic nitrogens is 1. The van der Waals surface area contributed by atoms with Crippen LogP contribution in [0.4, 0.5) is 4.79 Å². The van der Waals surface area contributed by atoms with E-state index in [4.69, 9.17) is 9.84 Å². The molecule has 1 unspecified atom stereocenters. The van der Waals surface area contributed by atoms with E-state index in [1.165, 1.54) is 11.3 Å². The normalized spacial score (nSPS) is 13.9. The average molecular weight is 494 g/mol. The van der Waals surface area contributed by atoms with Crippen molar-refractivity contribution in [1.82, 2.24) is 15.6 Å². The number of carbonyl (C=O) groups excluding carboxylic acids is 2. The Morgan fingerprint density at radius 3 is 2.29 bits per heavy atom. The summed E-state index contributed by atoms with van der Waals surface area (Å²) in [5.41, 5.74) is 4.78. The quantitative estimate of drug-likeness (QED) is 0.397. The third kappa shape index (κ3) is 5.51. The molecule has 8 nitrogen and oxygen atoms in total. The highest BCUT2D eigenvalue weighted by Gasteiger charge is 2.29. The molecular weight excluding hydrogens is 466 g/mol. The van der Waals surface area contributed by atoms with E-state index in [1.807, 2.05) is 24.3 Å². The van der Waals surface area contributed by atoms with Crippen molar-refractivity contribution in [2.24, 2.45) is 0 Å². The van der Waals surface area contributed by atoms with Crippen LogP contribution in [0, 0.1) is 0 Å². The van der Waals surface area contributed by atoms with Crippen LogP contribution in [0.2, 0.25) is 0 Å². The summed E-state index contributed by atoms with van der Waals surface area (Å²) in [6.45, 7) is 3.78. The van der Waals surface area contributed by atoms with Crippen LogP contribution in [0.1, 0.15) is 65.3 Å². The van der Waals surface area contributed by atoms with Gasteiger partial charge < -0.3 is 20.5 Å². The number of carboxylic acids is 1. The predicted molar refractivity (Wildman–Crippen MR) is 133 cm³/mol. The molecule has 2 aromatic carbocycles. The Labute approximate surface area is 207 Å². The topological polar surface area (TPSA) is 118 Å². The minimum atomic E-state index is -0.975. The molecule has 1 aliphatic carbocycles. The van der Waals surface area contributed by atoms with Gasteiger partial charge in [-0.25, -0.2) is 9.78 Å². The molecule has 9 heteroatoms. The molecule has 1 aliphatic rings. The molecule has 0 fully saturated rings. The van der Waals surface area contributed by atoms with Crippen molar-refractivity contribution in [2.45, 2.75) is 44.7 Å². The Morgan fingerprint density at radius 2 is 1.69 bits per heavy atom. The van der Waals surface area contributed by atoms with Crippen molar-refractivity contribution in [3.8, 4) is 11.1 Å². The number of amides is 2. The number of ether oxygens (including phenoxy) is 1. The van der Waals surface area contributed by atoms with E-state index in [2.05, 4.69) is 39.9 Å². The summed E-state index contributed by atoms with van der Waals surface area (Å²) in [4.78, 5) is 40.2. The lowest BCUT2D eigenvalue weighted by atomic mass is 9.98. The number of hydrogen-bond donors (Lipinski definition) is 3. The molecule has 0 bridgehead atoms. The van der Waals surface area contributed by atoms with Crippen molar-refractivity contribution in [1.29, 1.82) is 0 Å². The molecule has 0 saturated heterocycles. The first-order valence-corrected chi connectivity index (χ1v) is 12.3. The second-order valence-corrected chi connectivity index (χ2v) is 9.33. The van der Waals surface area contributed by atoms with Crippen molar-refractivity contribution < 1.29 is 24.2 Å². The van der Waals surface area contributed by atoms with Gasteiger partial charge in [0, 0.05) is 17.3 Å². The molecule has 4 rings (SSSR count). The van der Waals surface area contributed by atoms with E-state index in [0.29, 0.717) is 11.4 Å². The maximum Gasteiger partial charge on any atom is 0.407 e. The number of nitrogens with zero attached hydrogens (tertiary/aromatic N) is 1. The van der Waals surface area contributed by atoms with Gasteiger partial charge in [-0.15, -0.1) is 11.3 Å². The lowest BCUT2D eigenvalue weighted by molar-refractivity contribution is -0.137. The van der Waals surface area contributed by atoms with E-state index in [1.54, 1.807) is 19.2 Å². The summed E-state index contributed by atoms with van der Waals surface area (Å²) in [5, 5.41) is 16.6. The summed E-state index contributed by atoms with van der Waals surface area (Å²) in [6, 6.07) is 15.3. The smallest absolute Gasteiger partial charge is 0.407 e. The lowest BCUT2D eigenvalue weighted by Gasteiger charge is -2.16. The van der Waals surface area contributed by atoms with Crippen LogP contribution in [-0.2, 0) is 9.53 Å². The van der Waals surface area contributed by atoms with Crippen molar-refractivity contribution in [3.05, 3.63) is 75.7 Å². The third-order valence-corrected chi connectivity index (χ3v) is 7.08. The first-order valence-electron chi connectivity index (χ1n) is 11.5. The predicted octanol–water partition coefficient (Wildman–Crippen LogP) is 4.73. The number of aliphatic carboxylic acids is 1. The molecule has 0 spiro atoms. The number of benzene rings is 2. The number of thiazole rings is 1. The Balaban J connectivity index is 1.34. The third-order valence-electron chi connectivity index (χ3n) is 6.05. The highest BCUT2D eigenvalue weighted by Crippen LogP contribution is 2.44. The van der Waals surface area contributed by atoms with Crippen LogP contribution < -0.4 is 10.6 Å². The van der Waals surface area contributed by atoms with Gasteiger partial charge in [-0.2, -0.15) is 0 Å². The fourth-order valence-electron chi connectivity index (χ4n) is 4.24. The number of rotatable bonds is 9. The lowest BCUT2D eigenvalue weighted by Crippen LogP contribution is -2.36. The summed E-state index contributed by atoms with van der Waals surface area (Å²) in [6.07, 6.45) is -0.221. The van der Waals surface area contributed by atoms with E-state index >= 15 is 0 Å². The van der Waals surface area contributed by atoms with Crippen LogP contribution in [-0.4, -0.2) is 40.7 Å². The summed E-state index contributed by atoms with van der Waals surface area (Å²) in [7, 11) is 0. The van der Waals surface area contributed by atoms with Crippen LogP contribution in [0.15, 0.2) is 53.9 Å². The second-order valence-electron chi connectivity index (χ2n) is 8.44. The molecule has 2 atom stereocenters. The number of hydrogen-bond acceptors (Lipinski definition) is 6.